The lowest BCUT2D eigenvalue weighted by molar-refractivity contribution is 0.296. The summed E-state index contributed by atoms with van der Waals surface area (Å²) in [5, 5.41) is 1.77. The minimum atomic E-state index is -3.35. The molecule has 1 unspecified atom stereocenters. The summed E-state index contributed by atoms with van der Waals surface area (Å²) in [6.45, 7) is 1.10. The molecule has 1 aliphatic rings. The van der Waals surface area contributed by atoms with Gasteiger partial charge in [0.2, 0.25) is 0 Å². The number of hydrogen-bond acceptors (Lipinski definition) is 2. The molecule has 1 aliphatic heterocycles. The van der Waals surface area contributed by atoms with Gasteiger partial charge in [0, 0.05) is 54.7 Å². The molecule has 1 N–H and O–H groups in total. The highest BCUT2D eigenvalue weighted by Gasteiger charge is 2.31. The standard InChI is InChI=1S/C15H20ClN3O2S/c1-18(2)22(20,21)19-7-3-4-11(10-19)15-9-12-8-13(16)5-6-14(12)17-15/h5-6,8-9,11,17H,3-4,7,10H2,1-2H3. The SMILES string of the molecule is CN(C)S(=O)(=O)N1CCCC(c2cc3cc(Cl)ccc3[nH]2)C1. The first kappa shape index (κ1) is 15.8. The molecule has 1 fully saturated rings. The van der Waals surface area contributed by atoms with Crippen LogP contribution in [0, 0.1) is 0 Å². The smallest absolute Gasteiger partial charge is 0.281 e. The van der Waals surface area contributed by atoms with Crippen molar-refractivity contribution < 1.29 is 8.42 Å². The average Bonchev–Trinajstić information content (AvgIpc) is 2.90. The van der Waals surface area contributed by atoms with Crippen LogP contribution in [-0.2, 0) is 10.2 Å². The van der Waals surface area contributed by atoms with Gasteiger partial charge in [0.1, 0.15) is 0 Å². The highest BCUT2D eigenvalue weighted by Crippen LogP contribution is 2.31. The van der Waals surface area contributed by atoms with E-state index in [0.717, 1.165) is 29.4 Å². The van der Waals surface area contributed by atoms with E-state index in [0.29, 0.717) is 18.1 Å². The number of nitrogens with zero attached hydrogens (tertiary/aromatic N) is 2. The van der Waals surface area contributed by atoms with Gasteiger partial charge >= 0.3 is 0 Å². The first-order valence-corrected chi connectivity index (χ1v) is 9.11. The Morgan fingerprint density at radius 1 is 1.32 bits per heavy atom. The molecule has 1 aromatic heterocycles. The average molecular weight is 342 g/mol. The Kier molecular flexibility index (Phi) is 4.20. The number of aromatic nitrogens is 1. The molecule has 120 valence electrons. The van der Waals surface area contributed by atoms with E-state index in [9.17, 15) is 8.42 Å². The number of aromatic amines is 1. The molecule has 7 heteroatoms. The monoisotopic (exact) mass is 341 g/mol. The Hall–Kier alpha value is -1.08. The minimum Gasteiger partial charge on any atom is -0.358 e. The maximum atomic E-state index is 12.3. The van der Waals surface area contributed by atoms with Gasteiger partial charge in [-0.25, -0.2) is 0 Å². The van der Waals surface area contributed by atoms with Crippen LogP contribution in [0.15, 0.2) is 24.3 Å². The maximum Gasteiger partial charge on any atom is 0.281 e. The Morgan fingerprint density at radius 2 is 2.09 bits per heavy atom. The predicted molar refractivity (Wildman–Crippen MR) is 89.5 cm³/mol. The van der Waals surface area contributed by atoms with Crippen molar-refractivity contribution >= 4 is 32.7 Å². The number of piperidine rings is 1. The molecule has 1 saturated heterocycles. The van der Waals surface area contributed by atoms with Crippen LogP contribution >= 0.6 is 11.6 Å². The summed E-state index contributed by atoms with van der Waals surface area (Å²) in [5.41, 5.74) is 2.11. The zero-order valence-corrected chi connectivity index (χ0v) is 14.3. The molecule has 0 aliphatic carbocycles. The second-order valence-corrected chi connectivity index (χ2v) is 8.52. The van der Waals surface area contributed by atoms with E-state index in [1.54, 1.807) is 18.4 Å². The van der Waals surface area contributed by atoms with E-state index in [1.165, 1.54) is 4.31 Å². The largest absolute Gasteiger partial charge is 0.358 e. The van der Waals surface area contributed by atoms with Crippen molar-refractivity contribution in [2.45, 2.75) is 18.8 Å². The Balaban J connectivity index is 1.87. The van der Waals surface area contributed by atoms with Crippen LogP contribution in [-0.4, -0.2) is 49.2 Å². The fraction of sp³-hybridized carbons (Fsp3) is 0.467. The Morgan fingerprint density at radius 3 is 2.82 bits per heavy atom. The summed E-state index contributed by atoms with van der Waals surface area (Å²) in [7, 11) is -0.199. The third kappa shape index (κ3) is 2.88. The van der Waals surface area contributed by atoms with E-state index in [-0.39, 0.29) is 5.92 Å². The molecule has 0 saturated carbocycles. The third-order valence-electron chi connectivity index (χ3n) is 4.22. The van der Waals surface area contributed by atoms with Gasteiger partial charge < -0.3 is 4.98 Å². The van der Waals surface area contributed by atoms with Crippen LogP contribution in [0.2, 0.25) is 5.02 Å². The molecule has 0 bridgehead atoms. The molecule has 1 atom stereocenters. The molecule has 0 radical (unpaired) electrons. The zero-order valence-electron chi connectivity index (χ0n) is 12.7. The zero-order chi connectivity index (χ0) is 15.9. The van der Waals surface area contributed by atoms with Crippen LogP contribution in [0.5, 0.6) is 0 Å². The number of halogens is 1. The molecule has 5 nitrogen and oxygen atoms in total. The van der Waals surface area contributed by atoms with E-state index in [2.05, 4.69) is 11.1 Å². The Labute approximate surface area is 136 Å². The molecule has 0 spiro atoms. The summed E-state index contributed by atoms with van der Waals surface area (Å²) in [4.78, 5) is 3.40. The summed E-state index contributed by atoms with van der Waals surface area (Å²) in [6.07, 6.45) is 1.86. The fourth-order valence-corrected chi connectivity index (χ4v) is 4.35. The lowest BCUT2D eigenvalue weighted by Crippen LogP contribution is -2.44. The first-order chi connectivity index (χ1) is 10.4. The summed E-state index contributed by atoms with van der Waals surface area (Å²) in [6, 6.07) is 7.82. The van der Waals surface area contributed by atoms with Gasteiger partial charge in [-0.15, -0.1) is 0 Å². The van der Waals surface area contributed by atoms with Crippen molar-refractivity contribution in [1.82, 2.24) is 13.6 Å². The van der Waals surface area contributed by atoms with Crippen LogP contribution in [0.25, 0.3) is 10.9 Å². The molecule has 3 rings (SSSR count). The lowest BCUT2D eigenvalue weighted by atomic mass is 9.96. The second-order valence-electron chi connectivity index (χ2n) is 5.94. The molecule has 1 aromatic carbocycles. The highest BCUT2D eigenvalue weighted by atomic mass is 35.5. The van der Waals surface area contributed by atoms with Crippen molar-refractivity contribution in [2.24, 2.45) is 0 Å². The number of benzene rings is 1. The molecular weight excluding hydrogens is 322 g/mol. The molecular formula is C15H20ClN3O2S. The fourth-order valence-electron chi connectivity index (χ4n) is 2.98. The maximum absolute atomic E-state index is 12.3. The van der Waals surface area contributed by atoms with Crippen molar-refractivity contribution in [3.8, 4) is 0 Å². The van der Waals surface area contributed by atoms with Crippen LogP contribution in [0.1, 0.15) is 24.5 Å². The topological polar surface area (TPSA) is 56.4 Å². The van der Waals surface area contributed by atoms with Gasteiger partial charge in [0.25, 0.3) is 10.2 Å². The van der Waals surface area contributed by atoms with Crippen molar-refractivity contribution in [2.75, 3.05) is 27.2 Å². The van der Waals surface area contributed by atoms with Gasteiger partial charge in [-0.1, -0.05) is 11.6 Å². The number of H-pyrrole nitrogens is 1. The Bertz CT molecular complexity index is 785. The van der Waals surface area contributed by atoms with Gasteiger partial charge in [0.15, 0.2) is 0 Å². The number of fused-ring (bicyclic) bond motifs is 1. The normalized spacial score (nSPS) is 20.8. The van der Waals surface area contributed by atoms with E-state index < -0.39 is 10.2 Å². The lowest BCUT2D eigenvalue weighted by Gasteiger charge is -2.33. The number of nitrogens with one attached hydrogen (secondary N) is 1. The van der Waals surface area contributed by atoms with Gasteiger partial charge in [-0.2, -0.15) is 17.0 Å². The number of rotatable bonds is 3. The van der Waals surface area contributed by atoms with E-state index >= 15 is 0 Å². The quantitative estimate of drug-likeness (QED) is 0.933. The predicted octanol–water partition coefficient (Wildman–Crippen LogP) is 2.81. The van der Waals surface area contributed by atoms with Crippen molar-refractivity contribution in [3.05, 3.63) is 35.0 Å². The third-order valence-corrected chi connectivity index (χ3v) is 6.36. The van der Waals surface area contributed by atoms with Crippen LogP contribution < -0.4 is 0 Å². The van der Waals surface area contributed by atoms with Gasteiger partial charge in [0.05, 0.1) is 0 Å². The van der Waals surface area contributed by atoms with Crippen LogP contribution in [0.4, 0.5) is 0 Å². The second kappa shape index (κ2) is 5.85. The molecule has 2 aromatic rings. The van der Waals surface area contributed by atoms with Gasteiger partial charge in [-0.05, 0) is 37.1 Å². The van der Waals surface area contributed by atoms with Crippen molar-refractivity contribution in [1.29, 1.82) is 0 Å². The molecule has 0 amide bonds. The molecule has 2 heterocycles. The van der Waals surface area contributed by atoms with Gasteiger partial charge in [-0.3, -0.25) is 0 Å². The van der Waals surface area contributed by atoms with Crippen LogP contribution in [0.3, 0.4) is 0 Å². The summed E-state index contributed by atoms with van der Waals surface area (Å²) < 4.78 is 27.5. The first-order valence-electron chi connectivity index (χ1n) is 7.33. The van der Waals surface area contributed by atoms with E-state index in [1.807, 2.05) is 18.2 Å². The summed E-state index contributed by atoms with van der Waals surface area (Å²) in [5.74, 6) is 0.189. The minimum absolute atomic E-state index is 0.189. The number of hydrogen-bond donors (Lipinski definition) is 1. The summed E-state index contributed by atoms with van der Waals surface area (Å²) >= 11 is 6.02. The van der Waals surface area contributed by atoms with Crippen molar-refractivity contribution in [3.63, 3.8) is 0 Å². The van der Waals surface area contributed by atoms with E-state index in [4.69, 9.17) is 11.6 Å². The molecule has 22 heavy (non-hydrogen) atoms. The highest BCUT2D eigenvalue weighted by molar-refractivity contribution is 7.86.